The van der Waals surface area contributed by atoms with Crippen LogP contribution in [0.2, 0.25) is 0 Å². The van der Waals surface area contributed by atoms with Crippen LogP contribution in [0, 0.1) is 0 Å². The number of rotatable bonds is 5. The summed E-state index contributed by atoms with van der Waals surface area (Å²) in [6.45, 7) is 2.34. The van der Waals surface area contributed by atoms with Crippen LogP contribution in [0.5, 0.6) is 5.75 Å². The van der Waals surface area contributed by atoms with Gasteiger partial charge in [0, 0.05) is 6.61 Å². The molecular formula is C12H18O2. The number of hydrogen-bond donors (Lipinski definition) is 2. The quantitative estimate of drug-likeness (QED) is 0.756. The fourth-order valence-corrected chi connectivity index (χ4v) is 1.76. The van der Waals surface area contributed by atoms with Crippen LogP contribution in [0.4, 0.5) is 0 Å². The Balaban J connectivity index is 2.75. The highest BCUT2D eigenvalue weighted by Crippen LogP contribution is 2.26. The summed E-state index contributed by atoms with van der Waals surface area (Å²) in [6.07, 6.45) is 2.93. The van der Waals surface area contributed by atoms with Crippen molar-refractivity contribution >= 4 is 0 Å². The molecule has 0 aromatic heterocycles. The summed E-state index contributed by atoms with van der Waals surface area (Å²) < 4.78 is 0. The zero-order chi connectivity index (χ0) is 10.4. The minimum atomic E-state index is 0.209. The molecule has 0 spiro atoms. The summed E-state index contributed by atoms with van der Waals surface area (Å²) in [5.41, 5.74) is 1.13. The van der Waals surface area contributed by atoms with Crippen LogP contribution in [-0.2, 0) is 0 Å². The number of phenols is 1. The topological polar surface area (TPSA) is 40.5 Å². The fraction of sp³-hybridized carbons (Fsp3) is 0.500. The maximum Gasteiger partial charge on any atom is 0.115 e. The van der Waals surface area contributed by atoms with Gasteiger partial charge >= 0.3 is 0 Å². The summed E-state index contributed by atoms with van der Waals surface area (Å²) in [5, 5.41) is 18.3. The van der Waals surface area contributed by atoms with Crippen LogP contribution in [0.15, 0.2) is 24.3 Å². The number of phenolic OH excluding ortho intramolecular Hbond substituents is 1. The van der Waals surface area contributed by atoms with Gasteiger partial charge in [0.25, 0.3) is 0 Å². The predicted octanol–water partition coefficient (Wildman–Crippen LogP) is 2.66. The third kappa shape index (κ3) is 3.04. The Morgan fingerprint density at radius 3 is 2.64 bits per heavy atom. The normalized spacial score (nSPS) is 12.7. The zero-order valence-corrected chi connectivity index (χ0v) is 8.61. The molecule has 0 heterocycles. The van der Waals surface area contributed by atoms with Crippen molar-refractivity contribution in [2.24, 2.45) is 0 Å². The highest BCUT2D eigenvalue weighted by molar-refractivity contribution is 5.29. The summed E-state index contributed by atoms with van der Waals surface area (Å²) in [7, 11) is 0. The van der Waals surface area contributed by atoms with Gasteiger partial charge in [-0.15, -0.1) is 0 Å². The Hall–Kier alpha value is -1.02. The average molecular weight is 194 g/mol. The van der Waals surface area contributed by atoms with E-state index >= 15 is 0 Å². The van der Waals surface area contributed by atoms with Gasteiger partial charge in [-0.2, -0.15) is 0 Å². The third-order valence-electron chi connectivity index (χ3n) is 2.46. The largest absolute Gasteiger partial charge is 0.508 e. The molecule has 1 aromatic carbocycles. The molecule has 0 bridgehead atoms. The van der Waals surface area contributed by atoms with E-state index in [9.17, 15) is 5.11 Å². The van der Waals surface area contributed by atoms with E-state index in [1.54, 1.807) is 12.1 Å². The molecule has 14 heavy (non-hydrogen) atoms. The zero-order valence-electron chi connectivity index (χ0n) is 8.61. The first-order valence-corrected chi connectivity index (χ1v) is 5.17. The molecule has 0 saturated heterocycles. The van der Waals surface area contributed by atoms with Crippen molar-refractivity contribution in [3.63, 3.8) is 0 Å². The number of benzene rings is 1. The van der Waals surface area contributed by atoms with Gasteiger partial charge in [-0.25, -0.2) is 0 Å². The molecule has 1 atom stereocenters. The summed E-state index contributed by atoms with van der Waals surface area (Å²) in [6, 6.07) is 7.32. The molecule has 1 aromatic rings. The van der Waals surface area contributed by atoms with E-state index in [1.165, 1.54) is 0 Å². The van der Waals surface area contributed by atoms with Gasteiger partial charge in [-0.3, -0.25) is 0 Å². The molecule has 0 saturated carbocycles. The van der Waals surface area contributed by atoms with E-state index in [0.29, 0.717) is 11.7 Å². The Bertz CT molecular complexity index is 265. The molecule has 0 aliphatic heterocycles. The van der Waals surface area contributed by atoms with Crippen molar-refractivity contribution in [3.8, 4) is 5.75 Å². The van der Waals surface area contributed by atoms with Crippen LogP contribution in [0.25, 0.3) is 0 Å². The molecule has 0 aliphatic rings. The molecule has 2 N–H and O–H groups in total. The number of aliphatic hydroxyl groups excluding tert-OH is 1. The van der Waals surface area contributed by atoms with Crippen molar-refractivity contribution in [1.29, 1.82) is 0 Å². The monoisotopic (exact) mass is 194 g/mol. The van der Waals surface area contributed by atoms with Crippen molar-refractivity contribution in [1.82, 2.24) is 0 Å². The summed E-state index contributed by atoms with van der Waals surface area (Å²) in [5.74, 6) is 0.679. The van der Waals surface area contributed by atoms with Crippen LogP contribution in [0.3, 0.4) is 0 Å². The molecule has 1 rings (SSSR count). The molecular weight excluding hydrogens is 176 g/mol. The first kappa shape index (κ1) is 11.1. The lowest BCUT2D eigenvalue weighted by atomic mass is 9.92. The van der Waals surface area contributed by atoms with Gasteiger partial charge in [-0.05, 0) is 36.5 Å². The van der Waals surface area contributed by atoms with Crippen LogP contribution >= 0.6 is 0 Å². The lowest BCUT2D eigenvalue weighted by Crippen LogP contribution is -2.01. The third-order valence-corrected chi connectivity index (χ3v) is 2.46. The minimum absolute atomic E-state index is 0.209. The molecule has 0 amide bonds. The molecule has 2 heteroatoms. The van der Waals surface area contributed by atoms with Crippen molar-refractivity contribution in [3.05, 3.63) is 29.8 Å². The maximum absolute atomic E-state index is 9.34. The second-order valence-electron chi connectivity index (χ2n) is 3.59. The standard InChI is InChI=1S/C12H18O2/c1-2-4-10(7-8-13)11-5-3-6-12(14)9-11/h3,5-6,9-10,13-14H,2,4,7-8H2,1H3. The Kier molecular flexibility index (Phi) is 4.47. The van der Waals surface area contributed by atoms with Gasteiger partial charge in [-0.1, -0.05) is 25.5 Å². The Morgan fingerprint density at radius 2 is 2.07 bits per heavy atom. The average Bonchev–Trinajstić information content (AvgIpc) is 2.17. The Morgan fingerprint density at radius 1 is 1.29 bits per heavy atom. The van der Waals surface area contributed by atoms with Gasteiger partial charge < -0.3 is 10.2 Å². The SMILES string of the molecule is CCCC(CCO)c1cccc(O)c1. The second-order valence-corrected chi connectivity index (χ2v) is 3.59. The van der Waals surface area contributed by atoms with Crippen LogP contribution in [-0.4, -0.2) is 16.8 Å². The van der Waals surface area contributed by atoms with Crippen molar-refractivity contribution in [2.75, 3.05) is 6.61 Å². The smallest absolute Gasteiger partial charge is 0.115 e. The van der Waals surface area contributed by atoms with E-state index in [2.05, 4.69) is 6.92 Å². The number of aliphatic hydroxyl groups is 1. The highest BCUT2D eigenvalue weighted by atomic mass is 16.3. The van der Waals surface area contributed by atoms with E-state index in [1.807, 2.05) is 12.1 Å². The first-order valence-electron chi connectivity index (χ1n) is 5.17. The molecule has 0 aliphatic carbocycles. The first-order chi connectivity index (χ1) is 6.77. The number of aromatic hydroxyl groups is 1. The lowest BCUT2D eigenvalue weighted by molar-refractivity contribution is 0.272. The van der Waals surface area contributed by atoms with Crippen LogP contribution in [0.1, 0.15) is 37.7 Å². The molecule has 0 fully saturated rings. The second kappa shape index (κ2) is 5.66. The highest BCUT2D eigenvalue weighted by Gasteiger charge is 2.09. The van der Waals surface area contributed by atoms with Gasteiger partial charge in [0.05, 0.1) is 0 Å². The lowest BCUT2D eigenvalue weighted by Gasteiger charge is -2.15. The molecule has 0 radical (unpaired) electrons. The number of hydrogen-bond acceptors (Lipinski definition) is 2. The molecule has 2 nitrogen and oxygen atoms in total. The summed E-state index contributed by atoms with van der Waals surface area (Å²) in [4.78, 5) is 0. The van der Waals surface area contributed by atoms with Crippen molar-refractivity contribution in [2.45, 2.75) is 32.1 Å². The van der Waals surface area contributed by atoms with Crippen LogP contribution < -0.4 is 0 Å². The maximum atomic E-state index is 9.34. The van der Waals surface area contributed by atoms with Gasteiger partial charge in [0.2, 0.25) is 0 Å². The van der Waals surface area contributed by atoms with Gasteiger partial charge in [0.15, 0.2) is 0 Å². The molecule has 1 unspecified atom stereocenters. The molecule has 78 valence electrons. The van der Waals surface area contributed by atoms with E-state index in [0.717, 1.165) is 24.8 Å². The summed E-state index contributed by atoms with van der Waals surface area (Å²) >= 11 is 0. The predicted molar refractivity (Wildman–Crippen MR) is 57.5 cm³/mol. The van der Waals surface area contributed by atoms with E-state index in [4.69, 9.17) is 5.11 Å². The van der Waals surface area contributed by atoms with E-state index in [-0.39, 0.29) is 6.61 Å². The minimum Gasteiger partial charge on any atom is -0.508 e. The fourth-order valence-electron chi connectivity index (χ4n) is 1.76. The Labute approximate surface area is 85.2 Å². The van der Waals surface area contributed by atoms with Crippen molar-refractivity contribution < 1.29 is 10.2 Å². The van der Waals surface area contributed by atoms with E-state index < -0.39 is 0 Å². The van der Waals surface area contributed by atoms with Gasteiger partial charge in [0.1, 0.15) is 5.75 Å².